The van der Waals surface area contributed by atoms with E-state index in [1.165, 1.54) is 12.1 Å². The van der Waals surface area contributed by atoms with Gasteiger partial charge in [-0.15, -0.1) is 10.2 Å². The Kier molecular flexibility index (Phi) is 6.50. The zero-order valence-electron chi connectivity index (χ0n) is 17.8. The first kappa shape index (κ1) is 23.0. The smallest absolute Gasteiger partial charge is 0.262 e. The van der Waals surface area contributed by atoms with E-state index in [0.29, 0.717) is 27.9 Å². The molecule has 0 unspecified atom stereocenters. The van der Waals surface area contributed by atoms with Crippen LogP contribution >= 0.6 is 34.8 Å². The second-order valence-electron chi connectivity index (χ2n) is 7.36. The molecule has 0 spiro atoms. The summed E-state index contributed by atoms with van der Waals surface area (Å²) in [5.74, 6) is 0.500. The van der Waals surface area contributed by atoms with E-state index in [9.17, 15) is 4.79 Å². The molecule has 0 aliphatic heterocycles. The molecule has 3 aromatic heterocycles. The normalized spacial score (nSPS) is 10.9. The van der Waals surface area contributed by atoms with Crippen molar-refractivity contribution in [3.8, 4) is 28.4 Å². The number of anilines is 1. The number of nitrogens with zero attached hydrogens (tertiary/aromatic N) is 5. The Balaban J connectivity index is 1.33. The fraction of sp³-hybridized carbons (Fsp3) is 0.0417. The molecule has 174 valence electrons. The van der Waals surface area contributed by atoms with E-state index in [2.05, 4.69) is 20.5 Å². The molecule has 0 saturated heterocycles. The molecule has 0 aliphatic rings. The number of ether oxygens (including phenoxy) is 1. The molecule has 5 rings (SSSR count). The Bertz CT molecular complexity index is 1540. The zero-order valence-corrected chi connectivity index (χ0v) is 20.1. The Labute approximate surface area is 214 Å². The number of carbonyl (C=O) groups is 1. The monoisotopic (exact) mass is 524 g/mol. The van der Waals surface area contributed by atoms with Crippen LogP contribution in [0.25, 0.3) is 28.3 Å². The number of benzene rings is 2. The third-order valence-corrected chi connectivity index (χ3v) is 5.99. The van der Waals surface area contributed by atoms with Crippen LogP contribution in [0.2, 0.25) is 15.1 Å². The highest BCUT2D eigenvalue weighted by atomic mass is 35.5. The molecule has 3 heterocycles. The van der Waals surface area contributed by atoms with Gasteiger partial charge in [-0.2, -0.15) is 9.61 Å². The van der Waals surface area contributed by atoms with E-state index in [1.54, 1.807) is 23.0 Å². The molecule has 0 bridgehead atoms. The number of hydrogen-bond donors (Lipinski definition) is 1. The lowest BCUT2D eigenvalue weighted by Gasteiger charge is -2.11. The van der Waals surface area contributed by atoms with Gasteiger partial charge < -0.3 is 10.1 Å². The highest BCUT2D eigenvalue weighted by Gasteiger charge is 2.13. The zero-order chi connectivity index (χ0) is 24.4. The average molecular weight is 526 g/mol. The van der Waals surface area contributed by atoms with Crippen LogP contribution in [0.5, 0.6) is 5.75 Å². The SMILES string of the molecule is O=C(COc1cc(Cl)c(Cl)cc1Cl)Nc1cccc(-c2ccc3nnc(-c4ccncc4)n3n2)c1. The molecule has 0 atom stereocenters. The largest absolute Gasteiger partial charge is 0.482 e. The maximum atomic E-state index is 12.5. The van der Waals surface area contributed by atoms with Gasteiger partial charge in [0.2, 0.25) is 0 Å². The van der Waals surface area contributed by atoms with Crippen molar-refractivity contribution in [1.82, 2.24) is 24.8 Å². The van der Waals surface area contributed by atoms with Crippen LogP contribution in [0.3, 0.4) is 0 Å². The molecule has 8 nitrogen and oxygen atoms in total. The summed E-state index contributed by atoms with van der Waals surface area (Å²) in [6.07, 6.45) is 3.37. The molecule has 2 aromatic carbocycles. The van der Waals surface area contributed by atoms with Gasteiger partial charge in [0.25, 0.3) is 5.91 Å². The average Bonchev–Trinajstić information content (AvgIpc) is 3.29. The Hall–Kier alpha value is -3.72. The lowest BCUT2D eigenvalue weighted by molar-refractivity contribution is -0.118. The molecule has 1 N–H and O–H groups in total. The molecule has 0 fully saturated rings. The van der Waals surface area contributed by atoms with Gasteiger partial charge in [-0.1, -0.05) is 46.9 Å². The quantitative estimate of drug-likeness (QED) is 0.280. The van der Waals surface area contributed by atoms with Crippen LogP contribution < -0.4 is 10.1 Å². The first-order valence-corrected chi connectivity index (χ1v) is 11.4. The topological polar surface area (TPSA) is 94.3 Å². The van der Waals surface area contributed by atoms with Crippen molar-refractivity contribution < 1.29 is 9.53 Å². The maximum Gasteiger partial charge on any atom is 0.262 e. The fourth-order valence-corrected chi connectivity index (χ4v) is 3.93. The minimum atomic E-state index is -0.369. The van der Waals surface area contributed by atoms with Gasteiger partial charge in [0, 0.05) is 35.3 Å². The van der Waals surface area contributed by atoms with Gasteiger partial charge in [0.05, 0.1) is 20.8 Å². The van der Waals surface area contributed by atoms with Gasteiger partial charge in [0.1, 0.15) is 5.75 Å². The number of fused-ring (bicyclic) bond motifs is 1. The molecule has 1 amide bonds. The highest BCUT2D eigenvalue weighted by Crippen LogP contribution is 2.33. The van der Waals surface area contributed by atoms with E-state index in [0.717, 1.165) is 11.1 Å². The first-order chi connectivity index (χ1) is 17.0. The second kappa shape index (κ2) is 9.87. The second-order valence-corrected chi connectivity index (χ2v) is 8.58. The van der Waals surface area contributed by atoms with Crippen LogP contribution in [-0.2, 0) is 4.79 Å². The third-order valence-electron chi connectivity index (χ3n) is 4.98. The summed E-state index contributed by atoms with van der Waals surface area (Å²) >= 11 is 18.0. The highest BCUT2D eigenvalue weighted by molar-refractivity contribution is 6.43. The molecular weight excluding hydrogens is 511 g/mol. The number of carbonyl (C=O) groups excluding carboxylic acids is 1. The predicted molar refractivity (Wildman–Crippen MR) is 135 cm³/mol. The van der Waals surface area contributed by atoms with Crippen molar-refractivity contribution in [3.05, 3.63) is 88.1 Å². The molecule has 11 heteroatoms. The summed E-state index contributed by atoms with van der Waals surface area (Å²) in [7, 11) is 0. The van der Waals surface area contributed by atoms with E-state index in [1.807, 2.05) is 42.5 Å². The summed E-state index contributed by atoms with van der Waals surface area (Å²) in [4.78, 5) is 16.5. The minimum absolute atomic E-state index is 0.260. The number of pyridine rings is 1. The van der Waals surface area contributed by atoms with Crippen LogP contribution in [0, 0.1) is 0 Å². The van der Waals surface area contributed by atoms with Crippen LogP contribution in [0.4, 0.5) is 5.69 Å². The van der Waals surface area contributed by atoms with Crippen LogP contribution in [-0.4, -0.2) is 37.3 Å². The van der Waals surface area contributed by atoms with Crippen molar-refractivity contribution in [2.45, 2.75) is 0 Å². The first-order valence-electron chi connectivity index (χ1n) is 10.3. The minimum Gasteiger partial charge on any atom is -0.482 e. The summed E-state index contributed by atoms with van der Waals surface area (Å²) in [5.41, 5.74) is 3.52. The lowest BCUT2D eigenvalue weighted by atomic mass is 10.1. The van der Waals surface area contributed by atoms with Gasteiger partial charge in [-0.3, -0.25) is 9.78 Å². The van der Waals surface area contributed by atoms with Gasteiger partial charge >= 0.3 is 0 Å². The van der Waals surface area contributed by atoms with Crippen LogP contribution in [0.1, 0.15) is 0 Å². The predicted octanol–water partition coefficient (Wildman–Crippen LogP) is 5.83. The molecular formula is C24H15Cl3N6O2. The van der Waals surface area contributed by atoms with Crippen molar-refractivity contribution >= 4 is 52.0 Å². The van der Waals surface area contributed by atoms with E-state index in [4.69, 9.17) is 44.6 Å². The summed E-state index contributed by atoms with van der Waals surface area (Å²) in [6, 6.07) is 17.6. The molecule has 35 heavy (non-hydrogen) atoms. The van der Waals surface area contributed by atoms with Crippen molar-refractivity contribution in [2.24, 2.45) is 0 Å². The molecule has 5 aromatic rings. The Morgan fingerprint density at radius 3 is 2.51 bits per heavy atom. The van der Waals surface area contributed by atoms with E-state index < -0.39 is 0 Å². The summed E-state index contributed by atoms with van der Waals surface area (Å²) in [6.45, 7) is -0.262. The Morgan fingerprint density at radius 1 is 0.886 bits per heavy atom. The lowest BCUT2D eigenvalue weighted by Crippen LogP contribution is -2.20. The molecule has 0 saturated carbocycles. The van der Waals surface area contributed by atoms with E-state index in [-0.39, 0.29) is 28.3 Å². The number of halogens is 3. The van der Waals surface area contributed by atoms with Crippen molar-refractivity contribution in [2.75, 3.05) is 11.9 Å². The van der Waals surface area contributed by atoms with Gasteiger partial charge in [0.15, 0.2) is 18.1 Å². The summed E-state index contributed by atoms with van der Waals surface area (Å²) < 4.78 is 7.17. The number of rotatable bonds is 6. The van der Waals surface area contributed by atoms with E-state index >= 15 is 0 Å². The number of amides is 1. The fourth-order valence-electron chi connectivity index (χ4n) is 3.34. The summed E-state index contributed by atoms with van der Waals surface area (Å²) in [5, 5.41) is 16.8. The molecule has 0 radical (unpaired) electrons. The third kappa shape index (κ3) is 5.05. The standard InChI is InChI=1S/C24H15Cl3N6O2/c25-17-11-19(27)21(12-18(17)26)35-13-23(34)29-16-3-1-2-15(10-16)20-4-5-22-30-31-24(33(22)32-20)14-6-8-28-9-7-14/h1-12H,13H2,(H,29,34). The van der Waals surface area contributed by atoms with Crippen molar-refractivity contribution in [3.63, 3.8) is 0 Å². The van der Waals surface area contributed by atoms with Gasteiger partial charge in [-0.25, -0.2) is 0 Å². The number of nitrogens with one attached hydrogen (secondary N) is 1. The van der Waals surface area contributed by atoms with Gasteiger partial charge in [-0.05, 0) is 42.5 Å². The number of aromatic nitrogens is 5. The molecule has 0 aliphatic carbocycles. The van der Waals surface area contributed by atoms with Crippen LogP contribution in [0.15, 0.2) is 73.1 Å². The van der Waals surface area contributed by atoms with Crippen molar-refractivity contribution in [1.29, 1.82) is 0 Å². The Morgan fingerprint density at radius 2 is 1.69 bits per heavy atom. The number of hydrogen-bond acceptors (Lipinski definition) is 6. The maximum absolute atomic E-state index is 12.5.